The number of halogens is 2. The van der Waals surface area contributed by atoms with Crippen molar-refractivity contribution >= 4 is 17.5 Å². The van der Waals surface area contributed by atoms with Crippen LogP contribution < -0.4 is 5.32 Å². The van der Waals surface area contributed by atoms with Gasteiger partial charge in [0.15, 0.2) is 0 Å². The van der Waals surface area contributed by atoms with E-state index in [1.807, 2.05) is 30.4 Å². The molecule has 2 aromatic rings. The molecule has 0 saturated heterocycles. The molecule has 2 aliphatic rings. The largest absolute Gasteiger partial charge is 0.345 e. The van der Waals surface area contributed by atoms with Crippen LogP contribution in [0.2, 0.25) is 5.02 Å². The van der Waals surface area contributed by atoms with Gasteiger partial charge in [-0.3, -0.25) is 4.79 Å². The van der Waals surface area contributed by atoms with E-state index in [0.717, 1.165) is 17.8 Å². The number of carbonyl (C=O) groups is 1. The fourth-order valence-electron chi connectivity index (χ4n) is 3.48. The average Bonchev–Trinajstić information content (AvgIpc) is 3.14. The Morgan fingerprint density at radius 2 is 2.14 bits per heavy atom. The molecule has 1 aromatic carbocycles. The molecule has 0 saturated carbocycles. The second kappa shape index (κ2) is 7.98. The SMILES string of the molecule is O=C(NC1C=C(F)C=CC1)c1cnn(-c2cccc(Cl)c2)c1C1C=CC=CC1. The Labute approximate surface area is 167 Å². The first-order valence-electron chi connectivity index (χ1n) is 9.14. The zero-order chi connectivity index (χ0) is 19.5. The lowest BCUT2D eigenvalue weighted by atomic mass is 9.94. The third kappa shape index (κ3) is 3.85. The Morgan fingerprint density at radius 1 is 1.25 bits per heavy atom. The maximum Gasteiger partial charge on any atom is 0.255 e. The van der Waals surface area contributed by atoms with Crippen molar-refractivity contribution in [2.45, 2.75) is 24.8 Å². The summed E-state index contributed by atoms with van der Waals surface area (Å²) in [5.41, 5.74) is 2.06. The molecule has 6 heteroatoms. The van der Waals surface area contributed by atoms with Crippen molar-refractivity contribution in [3.8, 4) is 5.69 Å². The molecular weight excluding hydrogens is 377 g/mol. The first-order chi connectivity index (χ1) is 13.6. The first-order valence-corrected chi connectivity index (χ1v) is 9.51. The molecule has 1 aromatic heterocycles. The van der Waals surface area contributed by atoms with Gasteiger partial charge in [-0.25, -0.2) is 9.07 Å². The van der Waals surface area contributed by atoms with E-state index in [4.69, 9.17) is 11.6 Å². The van der Waals surface area contributed by atoms with E-state index in [1.165, 1.54) is 12.2 Å². The highest BCUT2D eigenvalue weighted by Gasteiger charge is 2.25. The van der Waals surface area contributed by atoms with Gasteiger partial charge in [-0.05, 0) is 43.2 Å². The standard InChI is InChI=1S/C22H19ClFN3O/c23-16-8-4-11-19(12-16)27-21(15-6-2-1-3-7-15)20(14-25-27)22(28)26-18-10-5-9-17(24)13-18/h1-6,8-9,11-15,18H,7,10H2,(H,26,28). The number of benzene rings is 1. The maximum atomic E-state index is 13.5. The quantitative estimate of drug-likeness (QED) is 0.788. The van der Waals surface area contributed by atoms with Crippen LogP contribution in [-0.4, -0.2) is 21.7 Å². The van der Waals surface area contributed by atoms with Crippen LogP contribution in [0.15, 0.2) is 78.8 Å². The molecular formula is C22H19ClFN3O. The van der Waals surface area contributed by atoms with Crippen LogP contribution >= 0.6 is 11.6 Å². The molecule has 0 aliphatic heterocycles. The smallest absolute Gasteiger partial charge is 0.255 e. The second-order valence-electron chi connectivity index (χ2n) is 6.76. The average molecular weight is 396 g/mol. The lowest BCUT2D eigenvalue weighted by Crippen LogP contribution is -2.34. The van der Waals surface area contributed by atoms with Gasteiger partial charge in [0.05, 0.1) is 29.2 Å². The van der Waals surface area contributed by atoms with Crippen LogP contribution in [0, 0.1) is 0 Å². The minimum absolute atomic E-state index is 0.00533. The van der Waals surface area contributed by atoms with Crippen molar-refractivity contribution in [2.75, 3.05) is 0 Å². The van der Waals surface area contributed by atoms with Gasteiger partial charge in [0.25, 0.3) is 5.91 Å². The number of aromatic nitrogens is 2. The molecule has 2 unspecified atom stereocenters. The molecule has 2 atom stereocenters. The molecule has 1 amide bonds. The van der Waals surface area contributed by atoms with Gasteiger partial charge in [0.2, 0.25) is 0 Å². The molecule has 1 heterocycles. The van der Waals surface area contributed by atoms with E-state index in [1.54, 1.807) is 23.0 Å². The van der Waals surface area contributed by atoms with Crippen molar-refractivity contribution in [2.24, 2.45) is 0 Å². The van der Waals surface area contributed by atoms with Crippen LogP contribution in [0.5, 0.6) is 0 Å². The van der Waals surface area contributed by atoms with Gasteiger partial charge in [-0.1, -0.05) is 48.0 Å². The van der Waals surface area contributed by atoms with Gasteiger partial charge < -0.3 is 5.32 Å². The van der Waals surface area contributed by atoms with Crippen LogP contribution in [0.3, 0.4) is 0 Å². The number of nitrogens with zero attached hydrogens (tertiary/aromatic N) is 2. The fraction of sp³-hybridized carbons (Fsp3) is 0.182. The van der Waals surface area contributed by atoms with Crippen molar-refractivity contribution in [3.05, 3.63) is 95.1 Å². The van der Waals surface area contributed by atoms with E-state index in [2.05, 4.69) is 22.6 Å². The highest BCUT2D eigenvalue weighted by molar-refractivity contribution is 6.30. The Balaban J connectivity index is 1.70. The normalized spacial score (nSPS) is 20.9. The summed E-state index contributed by atoms with van der Waals surface area (Å²) in [6.45, 7) is 0. The second-order valence-corrected chi connectivity index (χ2v) is 7.20. The number of rotatable bonds is 4. The number of nitrogens with one attached hydrogen (secondary N) is 1. The summed E-state index contributed by atoms with van der Waals surface area (Å²) < 4.78 is 15.3. The highest BCUT2D eigenvalue weighted by atomic mass is 35.5. The van der Waals surface area contributed by atoms with Crippen LogP contribution in [0.4, 0.5) is 4.39 Å². The van der Waals surface area contributed by atoms with Gasteiger partial charge >= 0.3 is 0 Å². The minimum Gasteiger partial charge on any atom is -0.345 e. The van der Waals surface area contributed by atoms with Crippen molar-refractivity contribution in [1.29, 1.82) is 0 Å². The van der Waals surface area contributed by atoms with Crippen molar-refractivity contribution < 1.29 is 9.18 Å². The van der Waals surface area contributed by atoms with Crippen molar-refractivity contribution in [3.63, 3.8) is 0 Å². The van der Waals surface area contributed by atoms with E-state index < -0.39 is 0 Å². The van der Waals surface area contributed by atoms with E-state index in [-0.39, 0.29) is 23.7 Å². The molecule has 28 heavy (non-hydrogen) atoms. The van der Waals surface area contributed by atoms with Crippen LogP contribution in [0.1, 0.15) is 34.8 Å². The fourth-order valence-corrected chi connectivity index (χ4v) is 3.66. The Morgan fingerprint density at radius 3 is 2.89 bits per heavy atom. The van der Waals surface area contributed by atoms with Gasteiger partial charge in [0.1, 0.15) is 5.83 Å². The number of hydrogen-bond donors (Lipinski definition) is 1. The molecule has 0 radical (unpaired) electrons. The molecule has 1 N–H and O–H groups in total. The lowest BCUT2D eigenvalue weighted by molar-refractivity contribution is 0.0943. The molecule has 0 spiro atoms. The molecule has 0 bridgehead atoms. The molecule has 142 valence electrons. The Bertz CT molecular complexity index is 1020. The first kappa shape index (κ1) is 18.4. The Hall–Kier alpha value is -2.92. The lowest BCUT2D eigenvalue weighted by Gasteiger charge is -2.19. The van der Waals surface area contributed by atoms with E-state index in [0.29, 0.717) is 17.0 Å². The third-order valence-corrected chi connectivity index (χ3v) is 5.01. The summed E-state index contributed by atoms with van der Waals surface area (Å²) in [6, 6.07) is 6.98. The topological polar surface area (TPSA) is 46.9 Å². The summed E-state index contributed by atoms with van der Waals surface area (Å²) in [4.78, 5) is 13.0. The number of carbonyl (C=O) groups excluding carboxylic acids is 1. The predicted octanol–water partition coefficient (Wildman–Crippen LogP) is 5.04. The minimum atomic E-state index is -0.373. The summed E-state index contributed by atoms with van der Waals surface area (Å²) in [5, 5.41) is 7.96. The Kier molecular flexibility index (Phi) is 5.26. The number of amides is 1. The maximum absolute atomic E-state index is 13.5. The summed E-state index contributed by atoms with van der Waals surface area (Å²) in [5.74, 6) is -0.604. The highest BCUT2D eigenvalue weighted by Crippen LogP contribution is 2.30. The predicted molar refractivity (Wildman–Crippen MR) is 108 cm³/mol. The zero-order valence-corrected chi connectivity index (χ0v) is 15.8. The van der Waals surface area contributed by atoms with Crippen LogP contribution in [0.25, 0.3) is 5.69 Å². The number of hydrogen-bond acceptors (Lipinski definition) is 2. The van der Waals surface area contributed by atoms with Crippen LogP contribution in [-0.2, 0) is 0 Å². The van der Waals surface area contributed by atoms with Gasteiger partial charge in [-0.2, -0.15) is 5.10 Å². The van der Waals surface area contributed by atoms with E-state index >= 15 is 0 Å². The molecule has 4 nitrogen and oxygen atoms in total. The van der Waals surface area contributed by atoms with E-state index in [9.17, 15) is 9.18 Å². The van der Waals surface area contributed by atoms with Gasteiger partial charge in [0, 0.05) is 10.9 Å². The monoisotopic (exact) mass is 395 g/mol. The zero-order valence-electron chi connectivity index (χ0n) is 15.1. The third-order valence-electron chi connectivity index (χ3n) is 4.78. The van der Waals surface area contributed by atoms with Gasteiger partial charge in [-0.15, -0.1) is 0 Å². The summed E-state index contributed by atoms with van der Waals surface area (Å²) >= 11 is 6.15. The summed E-state index contributed by atoms with van der Waals surface area (Å²) in [6.07, 6.45) is 15.5. The molecule has 4 rings (SSSR count). The molecule has 0 fully saturated rings. The molecule has 2 aliphatic carbocycles. The number of allylic oxidation sites excluding steroid dienone is 6. The summed E-state index contributed by atoms with van der Waals surface area (Å²) in [7, 11) is 0. The van der Waals surface area contributed by atoms with Crippen molar-refractivity contribution in [1.82, 2.24) is 15.1 Å².